The molecule has 2 atom stereocenters. The van der Waals surface area contributed by atoms with Crippen LogP contribution >= 0.6 is 0 Å². The summed E-state index contributed by atoms with van der Waals surface area (Å²) in [5.41, 5.74) is 0.907. The molecule has 1 aliphatic heterocycles. The van der Waals surface area contributed by atoms with Crippen LogP contribution in [0.2, 0.25) is 5.04 Å². The van der Waals surface area contributed by atoms with Crippen LogP contribution in [0.5, 0.6) is 5.75 Å². The van der Waals surface area contributed by atoms with E-state index in [4.69, 9.17) is 9.16 Å². The molecule has 7 nitrogen and oxygen atoms in total. The number of benzene rings is 3. The number of hydrogen-bond donors (Lipinski definition) is 1. The average molecular weight is 582 g/mol. The minimum atomic E-state index is -3.70. The molecular weight excluding hydrogens is 539 g/mol. The standard InChI is InChI=1S/C31H43N3O4SSi/c1-31(2,3)40(27-13-9-7-10-14-27,28-15-11-8-12-16-28)38-24-29-30(21-22-32-29)34(39(35,36)33(4)5)23-25-17-19-26(37-6)20-18-25/h7-20,29-30,32H,21-24H2,1-6H3/t29-,30-/m0/s1. The smallest absolute Gasteiger partial charge is 0.282 e. The molecule has 0 amide bonds. The highest BCUT2D eigenvalue weighted by Gasteiger charge is 2.51. The van der Waals surface area contributed by atoms with Crippen molar-refractivity contribution in [2.75, 3.05) is 34.4 Å². The summed E-state index contributed by atoms with van der Waals surface area (Å²) in [7, 11) is -1.67. The van der Waals surface area contributed by atoms with Crippen molar-refractivity contribution in [2.45, 2.75) is 50.9 Å². The van der Waals surface area contributed by atoms with Crippen LogP contribution in [0.3, 0.4) is 0 Å². The van der Waals surface area contributed by atoms with Gasteiger partial charge in [-0.1, -0.05) is 93.6 Å². The van der Waals surface area contributed by atoms with Crippen molar-refractivity contribution in [3.8, 4) is 5.75 Å². The summed E-state index contributed by atoms with van der Waals surface area (Å²) in [5, 5.41) is 5.83. The van der Waals surface area contributed by atoms with Crippen LogP contribution in [-0.2, 0) is 21.2 Å². The summed E-state index contributed by atoms with van der Waals surface area (Å²) in [4.78, 5) is 0. The molecule has 0 saturated carbocycles. The van der Waals surface area contributed by atoms with Gasteiger partial charge in [-0.3, -0.25) is 0 Å². The number of hydrogen-bond acceptors (Lipinski definition) is 5. The first-order valence-electron chi connectivity index (χ1n) is 13.8. The Kier molecular flexibility index (Phi) is 9.54. The van der Waals surface area contributed by atoms with E-state index >= 15 is 0 Å². The lowest BCUT2D eigenvalue weighted by Gasteiger charge is -2.44. The molecule has 4 rings (SSSR count). The maximum atomic E-state index is 13.7. The van der Waals surface area contributed by atoms with Gasteiger partial charge in [0.25, 0.3) is 18.5 Å². The maximum absolute atomic E-state index is 13.7. The normalized spacial score (nSPS) is 18.4. The van der Waals surface area contributed by atoms with Crippen LogP contribution in [0, 0.1) is 0 Å². The molecule has 40 heavy (non-hydrogen) atoms. The Morgan fingerprint density at radius 3 is 1.93 bits per heavy atom. The zero-order valence-corrected chi connectivity index (χ0v) is 26.3. The first-order chi connectivity index (χ1) is 19.0. The van der Waals surface area contributed by atoms with E-state index in [1.54, 1.807) is 25.5 Å². The number of ether oxygens (including phenoxy) is 1. The Morgan fingerprint density at radius 2 is 1.45 bits per heavy atom. The number of methoxy groups -OCH3 is 1. The van der Waals surface area contributed by atoms with Gasteiger partial charge in [0.2, 0.25) is 0 Å². The molecule has 1 N–H and O–H groups in total. The second kappa shape index (κ2) is 12.5. The van der Waals surface area contributed by atoms with Crippen molar-refractivity contribution in [3.05, 3.63) is 90.5 Å². The van der Waals surface area contributed by atoms with E-state index in [1.807, 2.05) is 36.4 Å². The molecule has 1 fully saturated rings. The van der Waals surface area contributed by atoms with Gasteiger partial charge in [0.15, 0.2) is 0 Å². The molecule has 216 valence electrons. The third kappa shape index (κ3) is 6.20. The summed E-state index contributed by atoms with van der Waals surface area (Å²) in [5.74, 6) is 0.741. The van der Waals surface area contributed by atoms with Gasteiger partial charge in [-0.05, 0) is 46.1 Å². The first kappa shape index (κ1) is 30.4. The predicted octanol–water partition coefficient (Wildman–Crippen LogP) is 3.61. The fourth-order valence-corrected chi connectivity index (χ4v) is 11.6. The van der Waals surface area contributed by atoms with E-state index in [1.165, 1.54) is 14.7 Å². The monoisotopic (exact) mass is 581 g/mol. The average Bonchev–Trinajstić information content (AvgIpc) is 3.40. The Hall–Kier alpha value is -2.53. The Morgan fingerprint density at radius 1 is 0.900 bits per heavy atom. The molecule has 0 bridgehead atoms. The summed E-state index contributed by atoms with van der Waals surface area (Å²) in [6, 6.07) is 28.2. The Balaban J connectivity index is 1.69. The number of nitrogens with zero attached hydrogens (tertiary/aromatic N) is 2. The SMILES string of the molecule is COc1ccc(CN([C@H]2CCN[C@H]2CO[Si](c2ccccc2)(c2ccccc2)C(C)(C)C)S(=O)(=O)N(C)C)cc1. The van der Waals surface area contributed by atoms with E-state index in [0.29, 0.717) is 13.0 Å². The molecule has 0 aromatic heterocycles. The number of nitrogens with one attached hydrogen (secondary N) is 1. The van der Waals surface area contributed by atoms with E-state index in [0.717, 1.165) is 17.9 Å². The molecule has 0 radical (unpaired) electrons. The van der Waals surface area contributed by atoms with Crippen LogP contribution in [-0.4, -0.2) is 71.8 Å². The van der Waals surface area contributed by atoms with Gasteiger partial charge in [-0.2, -0.15) is 17.0 Å². The van der Waals surface area contributed by atoms with Crippen molar-refractivity contribution in [3.63, 3.8) is 0 Å². The third-order valence-electron chi connectivity index (χ3n) is 7.83. The highest BCUT2D eigenvalue weighted by atomic mass is 32.2. The highest BCUT2D eigenvalue weighted by Crippen LogP contribution is 2.37. The van der Waals surface area contributed by atoms with Gasteiger partial charge in [0.1, 0.15) is 5.75 Å². The van der Waals surface area contributed by atoms with Gasteiger partial charge in [-0.15, -0.1) is 0 Å². The Labute approximate surface area is 241 Å². The van der Waals surface area contributed by atoms with E-state index in [-0.39, 0.29) is 23.7 Å². The van der Waals surface area contributed by atoms with Crippen molar-refractivity contribution in [1.82, 2.24) is 13.9 Å². The number of rotatable bonds is 11. The van der Waals surface area contributed by atoms with E-state index < -0.39 is 18.5 Å². The molecular formula is C31H43N3O4SSi. The van der Waals surface area contributed by atoms with Crippen LogP contribution in [0.15, 0.2) is 84.9 Å². The fraction of sp³-hybridized carbons (Fsp3) is 0.419. The fourth-order valence-electron chi connectivity index (χ4n) is 5.74. The third-order valence-corrected chi connectivity index (χ3v) is 14.8. The minimum absolute atomic E-state index is 0.158. The topological polar surface area (TPSA) is 71.1 Å². The zero-order chi connectivity index (χ0) is 29.0. The maximum Gasteiger partial charge on any atom is 0.282 e. The Bertz CT molecular complexity index is 1290. The lowest BCUT2D eigenvalue weighted by molar-refractivity contribution is 0.200. The van der Waals surface area contributed by atoms with Crippen LogP contribution in [0.4, 0.5) is 0 Å². The van der Waals surface area contributed by atoms with Crippen molar-refractivity contribution >= 4 is 28.9 Å². The second-order valence-corrected chi connectivity index (χ2v) is 18.0. The van der Waals surface area contributed by atoms with Crippen molar-refractivity contribution in [1.29, 1.82) is 0 Å². The van der Waals surface area contributed by atoms with Gasteiger partial charge >= 0.3 is 0 Å². The van der Waals surface area contributed by atoms with E-state index in [9.17, 15) is 8.42 Å². The lowest BCUT2D eigenvalue weighted by Crippen LogP contribution is -2.67. The molecule has 3 aromatic rings. The summed E-state index contributed by atoms with van der Waals surface area (Å²) in [6.07, 6.45) is 0.706. The minimum Gasteiger partial charge on any atom is -0.497 e. The largest absolute Gasteiger partial charge is 0.497 e. The molecule has 1 saturated heterocycles. The van der Waals surface area contributed by atoms with Crippen molar-refractivity contribution < 1.29 is 17.6 Å². The molecule has 3 aromatic carbocycles. The predicted molar refractivity (Wildman–Crippen MR) is 165 cm³/mol. The first-order valence-corrected chi connectivity index (χ1v) is 17.1. The summed E-state index contributed by atoms with van der Waals surface area (Å²) in [6.45, 7) is 8.16. The lowest BCUT2D eigenvalue weighted by atomic mass is 10.1. The van der Waals surface area contributed by atoms with Crippen molar-refractivity contribution in [2.24, 2.45) is 0 Å². The van der Waals surface area contributed by atoms with Crippen LogP contribution < -0.4 is 20.4 Å². The molecule has 9 heteroatoms. The molecule has 0 unspecified atom stereocenters. The summed E-state index contributed by atoms with van der Waals surface area (Å²) < 4.78 is 42.8. The second-order valence-electron chi connectivity index (χ2n) is 11.6. The van der Waals surface area contributed by atoms with Gasteiger partial charge < -0.3 is 14.5 Å². The van der Waals surface area contributed by atoms with Gasteiger partial charge in [0.05, 0.1) is 13.7 Å². The quantitative estimate of drug-likeness (QED) is 0.351. The van der Waals surface area contributed by atoms with E-state index in [2.05, 4.69) is 74.6 Å². The summed E-state index contributed by atoms with van der Waals surface area (Å²) >= 11 is 0. The molecule has 1 heterocycles. The molecule has 1 aliphatic rings. The molecule has 0 spiro atoms. The highest BCUT2D eigenvalue weighted by molar-refractivity contribution is 7.86. The van der Waals surface area contributed by atoms with Crippen LogP contribution in [0.25, 0.3) is 0 Å². The zero-order valence-electron chi connectivity index (χ0n) is 24.5. The van der Waals surface area contributed by atoms with Gasteiger partial charge in [0, 0.05) is 32.7 Å². The van der Waals surface area contributed by atoms with Crippen LogP contribution in [0.1, 0.15) is 32.8 Å². The molecule has 0 aliphatic carbocycles. The van der Waals surface area contributed by atoms with Gasteiger partial charge in [-0.25, -0.2) is 0 Å².